The molecular formula is C20H31NaO5. The quantitative estimate of drug-likeness (QED) is 0.293. The number of rotatable bonds is 10. The standard InChI is InChI=1S/C20H32O5.Na/c1-2-3-4-7-14(21)10-11-16-17-12-15(8-5-6-9-20(23)24)25-19(17)13-18(16)22;/h8,10-11,14,16-19,21-22H,2-7,9,12-13H2,1H3,(H,23,24);/q;+1/p-1/b11-10?,15-8+;/t14-,16+,17+,18+,19-;/m0./s1. The maximum atomic E-state index is 10.4. The Morgan fingerprint density at radius 2 is 2.15 bits per heavy atom. The van der Waals surface area contributed by atoms with Crippen LogP contribution in [-0.4, -0.2) is 34.5 Å². The molecule has 6 heteroatoms. The normalized spacial score (nSPS) is 30.2. The third kappa shape index (κ3) is 7.35. The fourth-order valence-electron chi connectivity index (χ4n) is 3.85. The van der Waals surface area contributed by atoms with E-state index < -0.39 is 18.2 Å². The molecule has 26 heavy (non-hydrogen) atoms. The van der Waals surface area contributed by atoms with Gasteiger partial charge in [-0.05, 0) is 31.8 Å². The summed E-state index contributed by atoms with van der Waals surface area (Å²) in [5, 5.41) is 30.7. The van der Waals surface area contributed by atoms with Gasteiger partial charge in [0.1, 0.15) is 6.10 Å². The van der Waals surface area contributed by atoms with Crippen LogP contribution in [-0.2, 0) is 9.53 Å². The molecule has 5 nitrogen and oxygen atoms in total. The first-order chi connectivity index (χ1) is 12.0. The second-order valence-corrected chi connectivity index (χ2v) is 7.29. The van der Waals surface area contributed by atoms with Crippen LogP contribution < -0.4 is 34.7 Å². The van der Waals surface area contributed by atoms with E-state index >= 15 is 0 Å². The molecule has 1 aliphatic heterocycles. The summed E-state index contributed by atoms with van der Waals surface area (Å²) in [6.07, 6.45) is 11.6. The maximum absolute atomic E-state index is 10.4. The number of carboxylic acids is 1. The van der Waals surface area contributed by atoms with E-state index in [9.17, 15) is 20.1 Å². The fourth-order valence-corrected chi connectivity index (χ4v) is 3.85. The van der Waals surface area contributed by atoms with Gasteiger partial charge in [-0.3, -0.25) is 0 Å². The number of unbranched alkanes of at least 4 members (excludes halogenated alkanes) is 3. The van der Waals surface area contributed by atoms with Gasteiger partial charge in [0.05, 0.1) is 18.0 Å². The molecule has 0 aromatic heterocycles. The van der Waals surface area contributed by atoms with Crippen molar-refractivity contribution in [2.75, 3.05) is 0 Å². The summed E-state index contributed by atoms with van der Waals surface area (Å²) in [7, 11) is 0. The molecule has 1 saturated heterocycles. The average Bonchev–Trinajstić information content (AvgIpc) is 3.06. The first kappa shape index (κ1) is 23.7. The van der Waals surface area contributed by atoms with E-state index in [0.717, 1.165) is 37.9 Å². The molecule has 0 aromatic rings. The SMILES string of the molecule is CCCCC[C@H](O)C=C[C@@H]1[C@H]2C/C(=C\CCCC(=O)[O-])O[C@H]2C[C@H]1O.[Na+]. The Morgan fingerprint density at radius 1 is 1.38 bits per heavy atom. The molecule has 1 heterocycles. The molecule has 0 bridgehead atoms. The van der Waals surface area contributed by atoms with E-state index in [4.69, 9.17) is 4.74 Å². The number of carboxylic acid groups (broad SMARTS) is 1. The molecule has 5 atom stereocenters. The van der Waals surface area contributed by atoms with Crippen LogP contribution in [0.15, 0.2) is 24.0 Å². The van der Waals surface area contributed by atoms with Crippen LogP contribution in [0.1, 0.15) is 64.7 Å². The number of aliphatic hydroxyl groups excluding tert-OH is 2. The Bertz CT molecular complexity index is 491. The first-order valence-electron chi connectivity index (χ1n) is 9.61. The van der Waals surface area contributed by atoms with Gasteiger partial charge in [-0.15, -0.1) is 0 Å². The molecule has 2 fully saturated rings. The van der Waals surface area contributed by atoms with Crippen molar-refractivity contribution in [1.82, 2.24) is 0 Å². The van der Waals surface area contributed by atoms with Crippen molar-refractivity contribution in [2.24, 2.45) is 11.8 Å². The molecule has 0 amide bonds. The van der Waals surface area contributed by atoms with Gasteiger partial charge in [-0.25, -0.2) is 0 Å². The van der Waals surface area contributed by atoms with Gasteiger partial charge in [0.2, 0.25) is 0 Å². The van der Waals surface area contributed by atoms with Crippen molar-refractivity contribution in [3.63, 3.8) is 0 Å². The number of hydrogen-bond acceptors (Lipinski definition) is 5. The van der Waals surface area contributed by atoms with Gasteiger partial charge >= 0.3 is 29.6 Å². The number of allylic oxidation sites excluding steroid dienone is 2. The van der Waals surface area contributed by atoms with Gasteiger partial charge < -0.3 is 24.9 Å². The molecule has 0 radical (unpaired) electrons. The van der Waals surface area contributed by atoms with Crippen molar-refractivity contribution < 1.29 is 54.4 Å². The van der Waals surface area contributed by atoms with Crippen molar-refractivity contribution in [3.05, 3.63) is 24.0 Å². The molecule has 1 aliphatic carbocycles. The van der Waals surface area contributed by atoms with E-state index in [1.807, 2.05) is 18.2 Å². The zero-order chi connectivity index (χ0) is 18.2. The zero-order valence-corrected chi connectivity index (χ0v) is 18.1. The summed E-state index contributed by atoms with van der Waals surface area (Å²) in [4.78, 5) is 10.4. The van der Waals surface area contributed by atoms with E-state index in [-0.39, 0.29) is 53.9 Å². The Morgan fingerprint density at radius 3 is 2.85 bits per heavy atom. The largest absolute Gasteiger partial charge is 1.00 e. The second-order valence-electron chi connectivity index (χ2n) is 7.29. The minimum absolute atomic E-state index is 0. The van der Waals surface area contributed by atoms with Crippen LogP contribution in [0.25, 0.3) is 0 Å². The Labute approximate surface area is 178 Å². The molecule has 0 unspecified atom stereocenters. The summed E-state index contributed by atoms with van der Waals surface area (Å²) in [6, 6.07) is 0. The maximum Gasteiger partial charge on any atom is 1.00 e. The van der Waals surface area contributed by atoms with Crippen molar-refractivity contribution in [3.8, 4) is 0 Å². The van der Waals surface area contributed by atoms with Crippen LogP contribution in [0.2, 0.25) is 0 Å². The number of aliphatic carboxylic acids is 1. The Hall–Kier alpha value is -0.330. The van der Waals surface area contributed by atoms with E-state index in [2.05, 4.69) is 6.92 Å². The summed E-state index contributed by atoms with van der Waals surface area (Å²) < 4.78 is 5.92. The fraction of sp³-hybridized carbons (Fsp3) is 0.750. The van der Waals surface area contributed by atoms with E-state index in [0.29, 0.717) is 19.3 Å². The zero-order valence-electron chi connectivity index (χ0n) is 16.1. The van der Waals surface area contributed by atoms with Crippen LogP contribution in [0.3, 0.4) is 0 Å². The summed E-state index contributed by atoms with van der Waals surface area (Å²) >= 11 is 0. The third-order valence-corrected chi connectivity index (χ3v) is 5.25. The monoisotopic (exact) mass is 374 g/mol. The van der Waals surface area contributed by atoms with Gasteiger partial charge in [-0.2, -0.15) is 0 Å². The molecular weight excluding hydrogens is 343 g/mol. The van der Waals surface area contributed by atoms with E-state index in [1.54, 1.807) is 0 Å². The second kappa shape index (κ2) is 12.2. The molecule has 0 aromatic carbocycles. The molecule has 0 spiro atoms. The predicted octanol–water partition coefficient (Wildman–Crippen LogP) is -0.922. The number of ether oxygens (including phenoxy) is 1. The smallest absolute Gasteiger partial charge is 0.550 e. The summed E-state index contributed by atoms with van der Waals surface area (Å²) in [5.74, 6) is 0.136. The molecule has 2 aliphatic rings. The average molecular weight is 374 g/mol. The number of aliphatic hydroxyl groups is 2. The molecule has 1 saturated carbocycles. The van der Waals surface area contributed by atoms with E-state index in [1.165, 1.54) is 0 Å². The summed E-state index contributed by atoms with van der Waals surface area (Å²) in [6.45, 7) is 2.14. The first-order valence-corrected chi connectivity index (χ1v) is 9.61. The molecule has 142 valence electrons. The topological polar surface area (TPSA) is 89.8 Å². The minimum Gasteiger partial charge on any atom is -0.550 e. The van der Waals surface area contributed by atoms with Crippen LogP contribution >= 0.6 is 0 Å². The number of carbonyl (C=O) groups is 1. The van der Waals surface area contributed by atoms with Crippen molar-refractivity contribution >= 4 is 5.97 Å². The molecule has 2 rings (SSSR count). The van der Waals surface area contributed by atoms with Crippen LogP contribution in [0.5, 0.6) is 0 Å². The summed E-state index contributed by atoms with van der Waals surface area (Å²) in [5.41, 5.74) is 0. The van der Waals surface area contributed by atoms with Crippen LogP contribution in [0, 0.1) is 11.8 Å². The van der Waals surface area contributed by atoms with Crippen molar-refractivity contribution in [1.29, 1.82) is 0 Å². The predicted molar refractivity (Wildman–Crippen MR) is 93.3 cm³/mol. The Kier molecular flexibility index (Phi) is 11.1. The number of fused-ring (bicyclic) bond motifs is 1. The van der Waals surface area contributed by atoms with Crippen LogP contribution in [0.4, 0.5) is 0 Å². The number of hydrogen-bond donors (Lipinski definition) is 2. The van der Waals surface area contributed by atoms with Gasteiger partial charge in [0.15, 0.2) is 0 Å². The van der Waals surface area contributed by atoms with Gasteiger partial charge in [0.25, 0.3) is 0 Å². The van der Waals surface area contributed by atoms with Gasteiger partial charge in [0, 0.05) is 30.6 Å². The van der Waals surface area contributed by atoms with Gasteiger partial charge in [-0.1, -0.05) is 38.3 Å². The third-order valence-electron chi connectivity index (χ3n) is 5.25. The Balaban J connectivity index is 0.00000338. The molecule has 2 N–H and O–H groups in total. The van der Waals surface area contributed by atoms with Crippen molar-refractivity contribution in [2.45, 2.75) is 83.0 Å². The minimum atomic E-state index is -1.02. The number of carbonyl (C=O) groups excluding carboxylic acids is 1.